The summed E-state index contributed by atoms with van der Waals surface area (Å²) in [4.78, 5) is 24.0. The van der Waals surface area contributed by atoms with E-state index < -0.39 is 5.97 Å². The number of rotatable bonds is 8. The van der Waals surface area contributed by atoms with Gasteiger partial charge in [0, 0.05) is 5.69 Å². The zero-order valence-electron chi connectivity index (χ0n) is 16.4. The van der Waals surface area contributed by atoms with Crippen LogP contribution in [-0.2, 0) is 27.2 Å². The minimum absolute atomic E-state index is 0.235. The summed E-state index contributed by atoms with van der Waals surface area (Å²) in [6.07, 6.45) is 1.63. The molecule has 0 spiro atoms. The second-order valence-corrected chi connectivity index (χ2v) is 6.40. The molecule has 0 radical (unpaired) electrons. The fraction of sp³-hybridized carbons (Fsp3) is 0.364. The number of anilines is 1. The van der Waals surface area contributed by atoms with Crippen LogP contribution in [0.3, 0.4) is 0 Å². The standard InChI is InChI=1S/C22H27NO4/c1-5-17-8-7-9-18(6-2)22(17)23-20(24)13-27-21(25)14-26-19-11-10-15(3)16(4)12-19/h7-12H,5-6,13-14H2,1-4H3,(H,23,24). The highest BCUT2D eigenvalue weighted by Gasteiger charge is 2.12. The maximum Gasteiger partial charge on any atom is 0.344 e. The number of carbonyl (C=O) groups is 2. The van der Waals surface area contributed by atoms with E-state index >= 15 is 0 Å². The van der Waals surface area contributed by atoms with E-state index in [1.165, 1.54) is 0 Å². The molecule has 0 unspecified atom stereocenters. The Kier molecular flexibility index (Phi) is 7.41. The van der Waals surface area contributed by atoms with Crippen LogP contribution in [0.4, 0.5) is 5.69 Å². The van der Waals surface area contributed by atoms with Crippen LogP contribution in [0.5, 0.6) is 5.75 Å². The summed E-state index contributed by atoms with van der Waals surface area (Å²) in [5.74, 6) is -0.336. The van der Waals surface area contributed by atoms with Crippen molar-refractivity contribution in [2.45, 2.75) is 40.5 Å². The number of esters is 1. The molecule has 0 aliphatic carbocycles. The lowest BCUT2D eigenvalue weighted by Gasteiger charge is -2.14. The number of hydrogen-bond donors (Lipinski definition) is 1. The molecule has 0 aromatic heterocycles. The second-order valence-electron chi connectivity index (χ2n) is 6.40. The normalized spacial score (nSPS) is 10.4. The first-order valence-electron chi connectivity index (χ1n) is 9.20. The molecule has 1 amide bonds. The van der Waals surface area contributed by atoms with Gasteiger partial charge in [-0.15, -0.1) is 0 Å². The lowest BCUT2D eigenvalue weighted by atomic mass is 10.0. The number of aryl methyl sites for hydroxylation is 4. The van der Waals surface area contributed by atoms with Crippen molar-refractivity contribution >= 4 is 17.6 Å². The highest BCUT2D eigenvalue weighted by Crippen LogP contribution is 2.22. The molecule has 0 fully saturated rings. The molecule has 1 N–H and O–H groups in total. The Balaban J connectivity index is 1.85. The fourth-order valence-corrected chi connectivity index (χ4v) is 2.71. The summed E-state index contributed by atoms with van der Waals surface area (Å²) in [6, 6.07) is 11.5. The van der Waals surface area contributed by atoms with E-state index in [-0.39, 0.29) is 19.1 Å². The van der Waals surface area contributed by atoms with Gasteiger partial charge in [0.2, 0.25) is 0 Å². The van der Waals surface area contributed by atoms with Crippen LogP contribution >= 0.6 is 0 Å². The first kappa shape index (κ1) is 20.5. The summed E-state index contributed by atoms with van der Waals surface area (Å²) in [5, 5.41) is 2.87. The van der Waals surface area contributed by atoms with Gasteiger partial charge in [-0.2, -0.15) is 0 Å². The van der Waals surface area contributed by atoms with Gasteiger partial charge < -0.3 is 14.8 Å². The van der Waals surface area contributed by atoms with Gasteiger partial charge in [0.05, 0.1) is 0 Å². The number of hydrogen-bond acceptors (Lipinski definition) is 4. The van der Waals surface area contributed by atoms with E-state index in [0.717, 1.165) is 40.8 Å². The number of ether oxygens (including phenoxy) is 2. The molecule has 0 atom stereocenters. The van der Waals surface area contributed by atoms with Crippen molar-refractivity contribution in [2.75, 3.05) is 18.5 Å². The maximum absolute atomic E-state index is 12.2. The van der Waals surface area contributed by atoms with E-state index in [1.807, 2.05) is 58.0 Å². The minimum Gasteiger partial charge on any atom is -0.482 e. The molecule has 2 rings (SSSR count). The molecule has 2 aromatic rings. The Morgan fingerprint density at radius 1 is 0.926 bits per heavy atom. The molecule has 144 valence electrons. The molecular weight excluding hydrogens is 342 g/mol. The molecule has 0 heterocycles. The first-order chi connectivity index (χ1) is 12.9. The molecule has 5 heteroatoms. The quantitative estimate of drug-likeness (QED) is 0.715. The van der Waals surface area contributed by atoms with Crippen LogP contribution in [0.15, 0.2) is 36.4 Å². The summed E-state index contributed by atoms with van der Waals surface area (Å²) >= 11 is 0. The number of nitrogens with one attached hydrogen (secondary N) is 1. The van der Waals surface area contributed by atoms with Crippen molar-refractivity contribution < 1.29 is 19.1 Å². The van der Waals surface area contributed by atoms with Crippen LogP contribution in [0, 0.1) is 13.8 Å². The van der Waals surface area contributed by atoms with Crippen LogP contribution in [0.25, 0.3) is 0 Å². The smallest absolute Gasteiger partial charge is 0.344 e. The third kappa shape index (κ3) is 5.84. The number of carbonyl (C=O) groups excluding carboxylic acids is 2. The van der Waals surface area contributed by atoms with Gasteiger partial charge in [0.25, 0.3) is 5.91 Å². The molecule has 0 saturated heterocycles. The van der Waals surface area contributed by atoms with Gasteiger partial charge in [-0.25, -0.2) is 4.79 Å². The van der Waals surface area contributed by atoms with Crippen LogP contribution in [0.1, 0.15) is 36.1 Å². The Hall–Kier alpha value is -2.82. The molecule has 27 heavy (non-hydrogen) atoms. The van der Waals surface area contributed by atoms with Gasteiger partial charge >= 0.3 is 5.97 Å². The van der Waals surface area contributed by atoms with Crippen molar-refractivity contribution in [3.63, 3.8) is 0 Å². The van der Waals surface area contributed by atoms with Crippen molar-refractivity contribution in [3.05, 3.63) is 58.7 Å². The summed E-state index contributed by atoms with van der Waals surface area (Å²) in [5.41, 5.74) is 5.18. The van der Waals surface area contributed by atoms with Gasteiger partial charge in [0.1, 0.15) is 5.75 Å². The largest absolute Gasteiger partial charge is 0.482 e. The van der Waals surface area contributed by atoms with E-state index in [0.29, 0.717) is 5.75 Å². The number of benzene rings is 2. The zero-order valence-corrected chi connectivity index (χ0v) is 16.4. The van der Waals surface area contributed by atoms with Crippen molar-refractivity contribution in [3.8, 4) is 5.75 Å². The molecule has 2 aromatic carbocycles. The topological polar surface area (TPSA) is 64.6 Å². The van der Waals surface area contributed by atoms with Crippen LogP contribution < -0.4 is 10.1 Å². The van der Waals surface area contributed by atoms with Gasteiger partial charge in [-0.1, -0.05) is 38.1 Å². The molecule has 0 saturated carbocycles. The Bertz CT molecular complexity index is 792. The Labute approximate surface area is 160 Å². The monoisotopic (exact) mass is 369 g/mol. The van der Waals surface area contributed by atoms with Crippen molar-refractivity contribution in [1.82, 2.24) is 0 Å². The number of para-hydroxylation sites is 1. The number of amides is 1. The van der Waals surface area contributed by atoms with Gasteiger partial charge in [0.15, 0.2) is 13.2 Å². The van der Waals surface area contributed by atoms with Crippen LogP contribution in [0.2, 0.25) is 0 Å². The van der Waals surface area contributed by atoms with E-state index in [9.17, 15) is 9.59 Å². The molecular formula is C22H27NO4. The minimum atomic E-state index is -0.581. The lowest BCUT2D eigenvalue weighted by molar-refractivity contribution is -0.149. The second kappa shape index (κ2) is 9.76. The molecule has 0 bridgehead atoms. The molecule has 5 nitrogen and oxygen atoms in total. The predicted molar refractivity (Wildman–Crippen MR) is 106 cm³/mol. The maximum atomic E-state index is 12.2. The molecule has 0 aliphatic heterocycles. The lowest BCUT2D eigenvalue weighted by Crippen LogP contribution is -2.24. The average Bonchev–Trinajstić information content (AvgIpc) is 2.67. The fourth-order valence-electron chi connectivity index (χ4n) is 2.71. The SMILES string of the molecule is CCc1cccc(CC)c1NC(=O)COC(=O)COc1ccc(C)c(C)c1. The summed E-state index contributed by atoms with van der Waals surface area (Å²) in [6.45, 7) is 7.48. The van der Waals surface area contributed by atoms with E-state index in [2.05, 4.69) is 5.32 Å². The van der Waals surface area contributed by atoms with E-state index in [4.69, 9.17) is 9.47 Å². The third-order valence-corrected chi connectivity index (χ3v) is 4.46. The summed E-state index contributed by atoms with van der Waals surface area (Å²) in [7, 11) is 0. The molecule has 0 aliphatic rings. The van der Waals surface area contributed by atoms with Gasteiger partial charge in [-0.3, -0.25) is 4.79 Å². The van der Waals surface area contributed by atoms with Crippen molar-refractivity contribution in [2.24, 2.45) is 0 Å². The highest BCUT2D eigenvalue weighted by molar-refractivity contribution is 5.94. The summed E-state index contributed by atoms with van der Waals surface area (Å²) < 4.78 is 10.4. The van der Waals surface area contributed by atoms with Gasteiger partial charge in [-0.05, 0) is 61.1 Å². The Morgan fingerprint density at radius 2 is 1.59 bits per heavy atom. The zero-order chi connectivity index (χ0) is 19.8. The Morgan fingerprint density at radius 3 is 2.19 bits per heavy atom. The first-order valence-corrected chi connectivity index (χ1v) is 9.20. The van der Waals surface area contributed by atoms with E-state index in [1.54, 1.807) is 6.07 Å². The predicted octanol–water partition coefficient (Wildman–Crippen LogP) is 3.99. The average molecular weight is 369 g/mol. The third-order valence-electron chi connectivity index (χ3n) is 4.46. The van der Waals surface area contributed by atoms with Crippen LogP contribution in [-0.4, -0.2) is 25.1 Å². The highest BCUT2D eigenvalue weighted by atomic mass is 16.6. The van der Waals surface area contributed by atoms with Crippen molar-refractivity contribution in [1.29, 1.82) is 0 Å².